The summed E-state index contributed by atoms with van der Waals surface area (Å²) >= 11 is 0. The van der Waals surface area contributed by atoms with Crippen molar-refractivity contribution in [2.45, 2.75) is 24.9 Å². The Balaban J connectivity index is 1.64. The molecule has 0 bridgehead atoms. The minimum absolute atomic E-state index is 0.153. The second-order valence-corrected chi connectivity index (χ2v) is 6.44. The van der Waals surface area contributed by atoms with E-state index in [4.69, 9.17) is 0 Å². The Morgan fingerprint density at radius 2 is 1.75 bits per heavy atom. The van der Waals surface area contributed by atoms with E-state index in [1.807, 2.05) is 13.3 Å². The molecule has 1 aliphatic heterocycles. The number of likely N-dealkylation sites (tertiary alicyclic amines) is 1. The molecule has 0 atom stereocenters. The number of benzene rings is 2. The average molecular weight is 325 g/mol. The zero-order chi connectivity index (χ0) is 16.8. The van der Waals surface area contributed by atoms with Crippen LogP contribution in [-0.4, -0.2) is 36.8 Å². The third kappa shape index (κ3) is 4.20. The van der Waals surface area contributed by atoms with Crippen molar-refractivity contribution in [1.82, 2.24) is 4.90 Å². The highest BCUT2D eigenvalue weighted by molar-refractivity contribution is 5.75. The first kappa shape index (κ1) is 16.7. The molecule has 1 aliphatic rings. The van der Waals surface area contributed by atoms with E-state index < -0.39 is 0 Å². The molecular weight excluding hydrogens is 301 g/mol. The molecule has 4 heteroatoms. The van der Waals surface area contributed by atoms with Crippen LogP contribution in [0.15, 0.2) is 59.6 Å². The van der Waals surface area contributed by atoms with Crippen LogP contribution in [0.2, 0.25) is 0 Å². The van der Waals surface area contributed by atoms with Gasteiger partial charge < -0.3 is 5.32 Å². The molecule has 0 amide bonds. The zero-order valence-electron chi connectivity index (χ0n) is 14.1. The number of piperidine rings is 1. The maximum absolute atomic E-state index is 13.1. The van der Waals surface area contributed by atoms with Crippen LogP contribution in [0.3, 0.4) is 0 Å². The van der Waals surface area contributed by atoms with E-state index in [1.54, 1.807) is 12.1 Å². The first-order valence-electron chi connectivity index (χ1n) is 8.42. The van der Waals surface area contributed by atoms with Crippen molar-refractivity contribution in [2.24, 2.45) is 4.99 Å². The summed E-state index contributed by atoms with van der Waals surface area (Å²) in [7, 11) is 1.81. The number of hydrogen-bond donors (Lipinski definition) is 1. The summed E-state index contributed by atoms with van der Waals surface area (Å²) in [4.78, 5) is 6.75. The van der Waals surface area contributed by atoms with Gasteiger partial charge in [0.25, 0.3) is 0 Å². The lowest BCUT2D eigenvalue weighted by molar-refractivity contribution is 0.195. The third-order valence-corrected chi connectivity index (χ3v) is 4.61. The Kier molecular flexibility index (Phi) is 5.26. The quantitative estimate of drug-likeness (QED) is 0.842. The molecule has 0 radical (unpaired) electrons. The minimum Gasteiger partial charge on any atom is -0.374 e. The van der Waals surface area contributed by atoms with Crippen LogP contribution in [0.4, 0.5) is 10.1 Å². The van der Waals surface area contributed by atoms with Crippen LogP contribution < -0.4 is 5.32 Å². The Morgan fingerprint density at radius 1 is 1.08 bits per heavy atom. The second kappa shape index (κ2) is 7.58. The molecule has 0 spiro atoms. The number of hydrogen-bond acceptors (Lipinski definition) is 3. The largest absolute Gasteiger partial charge is 0.374 e. The van der Waals surface area contributed by atoms with E-state index in [-0.39, 0.29) is 11.4 Å². The molecule has 0 unspecified atom stereocenters. The molecule has 2 aromatic rings. The molecule has 1 fully saturated rings. The summed E-state index contributed by atoms with van der Waals surface area (Å²) in [5.41, 5.74) is 2.13. The van der Waals surface area contributed by atoms with Gasteiger partial charge in [0, 0.05) is 38.6 Å². The molecule has 0 aromatic heterocycles. The van der Waals surface area contributed by atoms with Gasteiger partial charge >= 0.3 is 0 Å². The fourth-order valence-electron chi connectivity index (χ4n) is 3.31. The SMILES string of the molecule is CN=CC1(Nc2ccc(F)cc2)CCN(Cc2ccccc2)CC1. The van der Waals surface area contributed by atoms with Crippen LogP contribution in [-0.2, 0) is 6.54 Å². The third-order valence-electron chi connectivity index (χ3n) is 4.61. The molecule has 1 N–H and O–H groups in total. The van der Waals surface area contributed by atoms with Crippen LogP contribution in [0.1, 0.15) is 18.4 Å². The van der Waals surface area contributed by atoms with Crippen molar-refractivity contribution in [3.05, 3.63) is 66.0 Å². The van der Waals surface area contributed by atoms with Gasteiger partial charge in [0.05, 0.1) is 5.54 Å². The predicted molar refractivity (Wildman–Crippen MR) is 98.1 cm³/mol. The summed E-state index contributed by atoms with van der Waals surface area (Å²) in [5.74, 6) is -0.212. The molecule has 3 nitrogen and oxygen atoms in total. The Labute approximate surface area is 143 Å². The van der Waals surface area contributed by atoms with Crippen LogP contribution >= 0.6 is 0 Å². The van der Waals surface area contributed by atoms with Gasteiger partial charge in [-0.05, 0) is 42.7 Å². The maximum Gasteiger partial charge on any atom is 0.123 e. The van der Waals surface area contributed by atoms with Gasteiger partial charge in [0.2, 0.25) is 0 Å². The highest BCUT2D eigenvalue weighted by Crippen LogP contribution is 2.27. The number of rotatable bonds is 5. The smallest absolute Gasteiger partial charge is 0.123 e. The lowest BCUT2D eigenvalue weighted by Crippen LogP contribution is -2.50. The second-order valence-electron chi connectivity index (χ2n) is 6.44. The number of halogens is 1. The fraction of sp³-hybridized carbons (Fsp3) is 0.350. The van der Waals surface area contributed by atoms with Crippen molar-refractivity contribution < 1.29 is 4.39 Å². The number of aliphatic imine (C=N–C) groups is 1. The maximum atomic E-state index is 13.1. The van der Waals surface area contributed by atoms with Crippen molar-refractivity contribution in [1.29, 1.82) is 0 Å². The van der Waals surface area contributed by atoms with Crippen LogP contribution in [0.25, 0.3) is 0 Å². The minimum atomic E-state index is -0.212. The standard InChI is InChI=1S/C20H24FN3/c1-22-16-20(23-19-9-7-18(21)8-10-19)11-13-24(14-12-20)15-17-5-3-2-4-6-17/h2-10,16,23H,11-15H2,1H3. The Hall–Kier alpha value is -2.20. The van der Waals surface area contributed by atoms with Gasteiger partial charge in [-0.15, -0.1) is 0 Å². The van der Waals surface area contributed by atoms with E-state index in [0.29, 0.717) is 0 Å². The molecule has 1 heterocycles. The van der Waals surface area contributed by atoms with Crippen molar-refractivity contribution in [3.8, 4) is 0 Å². The van der Waals surface area contributed by atoms with Gasteiger partial charge in [0.1, 0.15) is 5.82 Å². The van der Waals surface area contributed by atoms with Gasteiger partial charge in [-0.25, -0.2) is 4.39 Å². The van der Waals surface area contributed by atoms with Gasteiger partial charge in [0.15, 0.2) is 0 Å². The summed E-state index contributed by atoms with van der Waals surface area (Å²) in [6.45, 7) is 3.00. The van der Waals surface area contributed by atoms with Crippen molar-refractivity contribution in [2.75, 3.05) is 25.5 Å². The average Bonchev–Trinajstić information content (AvgIpc) is 2.60. The van der Waals surface area contributed by atoms with Crippen molar-refractivity contribution in [3.63, 3.8) is 0 Å². The normalized spacial score (nSPS) is 17.9. The van der Waals surface area contributed by atoms with E-state index in [2.05, 4.69) is 45.5 Å². The molecule has 0 saturated carbocycles. The van der Waals surface area contributed by atoms with E-state index in [9.17, 15) is 4.39 Å². The molecular formula is C20H24FN3. The summed E-state index contributed by atoms with van der Waals surface area (Å²) < 4.78 is 13.1. The fourth-order valence-corrected chi connectivity index (χ4v) is 3.31. The van der Waals surface area contributed by atoms with Crippen LogP contribution in [0, 0.1) is 5.82 Å². The van der Waals surface area contributed by atoms with E-state index in [0.717, 1.165) is 38.2 Å². The predicted octanol–water partition coefficient (Wildman–Crippen LogP) is 3.97. The van der Waals surface area contributed by atoms with E-state index in [1.165, 1.54) is 17.7 Å². The van der Waals surface area contributed by atoms with Gasteiger partial charge in [-0.3, -0.25) is 9.89 Å². The number of anilines is 1. The molecule has 126 valence electrons. The lowest BCUT2D eigenvalue weighted by Gasteiger charge is -2.40. The molecule has 1 saturated heterocycles. The lowest BCUT2D eigenvalue weighted by atomic mass is 9.88. The Morgan fingerprint density at radius 3 is 2.38 bits per heavy atom. The molecule has 2 aromatic carbocycles. The molecule has 0 aliphatic carbocycles. The van der Waals surface area contributed by atoms with Crippen LogP contribution in [0.5, 0.6) is 0 Å². The number of nitrogens with zero attached hydrogens (tertiary/aromatic N) is 2. The van der Waals surface area contributed by atoms with E-state index >= 15 is 0 Å². The van der Waals surface area contributed by atoms with Gasteiger partial charge in [-0.1, -0.05) is 30.3 Å². The highest BCUT2D eigenvalue weighted by atomic mass is 19.1. The summed E-state index contributed by atoms with van der Waals surface area (Å²) in [5, 5.41) is 3.56. The summed E-state index contributed by atoms with van der Waals surface area (Å²) in [6, 6.07) is 17.1. The first-order valence-corrected chi connectivity index (χ1v) is 8.42. The van der Waals surface area contributed by atoms with Gasteiger partial charge in [-0.2, -0.15) is 0 Å². The van der Waals surface area contributed by atoms with Crippen molar-refractivity contribution >= 4 is 11.9 Å². The topological polar surface area (TPSA) is 27.6 Å². The monoisotopic (exact) mass is 325 g/mol. The zero-order valence-corrected chi connectivity index (χ0v) is 14.1. The first-order chi connectivity index (χ1) is 11.7. The Bertz CT molecular complexity index is 659. The highest BCUT2D eigenvalue weighted by Gasteiger charge is 2.32. The molecule has 3 rings (SSSR count). The summed E-state index contributed by atoms with van der Waals surface area (Å²) in [6.07, 6.45) is 3.97. The molecule has 24 heavy (non-hydrogen) atoms. The number of nitrogens with one attached hydrogen (secondary N) is 1.